The zero-order valence-electron chi connectivity index (χ0n) is 19.0. The van der Waals surface area contributed by atoms with Gasteiger partial charge in [-0.3, -0.25) is 10.1 Å². The molecule has 9 nitrogen and oxygen atoms in total. The molecule has 0 amide bonds. The highest BCUT2D eigenvalue weighted by Crippen LogP contribution is 2.35. The van der Waals surface area contributed by atoms with Crippen molar-refractivity contribution in [2.45, 2.75) is 13.1 Å². The van der Waals surface area contributed by atoms with E-state index in [1.165, 1.54) is 13.4 Å². The van der Waals surface area contributed by atoms with Gasteiger partial charge in [-0.2, -0.15) is 0 Å². The number of benzene rings is 3. The average molecular weight is 470 g/mol. The summed E-state index contributed by atoms with van der Waals surface area (Å²) < 4.78 is 4.83. The fourth-order valence-electron chi connectivity index (χ4n) is 3.68. The van der Waals surface area contributed by atoms with E-state index in [1.807, 2.05) is 65.6 Å². The largest absolute Gasteiger partial charge is 0.465 e. The van der Waals surface area contributed by atoms with Crippen LogP contribution in [0.5, 0.6) is 0 Å². The molecule has 0 atom stereocenters. The Kier molecular flexibility index (Phi) is 7.27. The summed E-state index contributed by atoms with van der Waals surface area (Å²) in [5, 5.41) is 15.2. The minimum Gasteiger partial charge on any atom is -0.465 e. The van der Waals surface area contributed by atoms with Crippen LogP contribution in [0.25, 0.3) is 0 Å². The number of esters is 1. The quantitative estimate of drug-likeness (QED) is 0.204. The molecule has 0 aliphatic rings. The second-order valence-corrected chi connectivity index (χ2v) is 7.64. The fraction of sp³-hybridized carbons (Fsp3) is 0.115. The van der Waals surface area contributed by atoms with Crippen molar-refractivity contribution in [3.8, 4) is 0 Å². The minimum absolute atomic E-state index is 0.0255. The number of rotatable bonds is 9. The molecule has 0 fully saturated rings. The maximum Gasteiger partial charge on any atom is 0.353 e. The number of anilines is 3. The number of hydrogen-bond acceptors (Lipinski definition) is 8. The highest BCUT2D eigenvalue weighted by atomic mass is 16.6. The van der Waals surface area contributed by atoms with E-state index in [0.717, 1.165) is 11.1 Å². The van der Waals surface area contributed by atoms with E-state index in [9.17, 15) is 14.9 Å². The fourth-order valence-corrected chi connectivity index (χ4v) is 3.68. The van der Waals surface area contributed by atoms with E-state index in [2.05, 4.69) is 15.3 Å². The predicted octanol–water partition coefficient (Wildman–Crippen LogP) is 5.12. The minimum atomic E-state index is -0.570. The molecule has 0 radical (unpaired) electrons. The molecule has 1 aromatic heterocycles. The number of nitro groups is 1. The number of aromatic nitrogens is 2. The molecule has 1 heterocycles. The lowest BCUT2D eigenvalue weighted by Gasteiger charge is -2.24. The monoisotopic (exact) mass is 469 g/mol. The van der Waals surface area contributed by atoms with E-state index < -0.39 is 10.9 Å². The third-order valence-corrected chi connectivity index (χ3v) is 5.30. The molecule has 0 aliphatic carbocycles. The Balaban J connectivity index is 1.78. The lowest BCUT2D eigenvalue weighted by molar-refractivity contribution is -0.383. The number of nitrogens with zero attached hydrogens (tertiary/aromatic N) is 4. The molecule has 0 unspecified atom stereocenters. The molecule has 0 bridgehead atoms. The van der Waals surface area contributed by atoms with Crippen molar-refractivity contribution in [1.29, 1.82) is 0 Å². The van der Waals surface area contributed by atoms with Crippen LogP contribution in [0.2, 0.25) is 0 Å². The Bertz CT molecular complexity index is 1270. The smallest absolute Gasteiger partial charge is 0.353 e. The van der Waals surface area contributed by atoms with Crippen LogP contribution in [-0.4, -0.2) is 28.0 Å². The number of methoxy groups -OCH3 is 1. The molecular formula is C26H23N5O4. The Morgan fingerprint density at radius 3 is 2.06 bits per heavy atom. The van der Waals surface area contributed by atoms with Crippen LogP contribution in [0.3, 0.4) is 0 Å². The van der Waals surface area contributed by atoms with Gasteiger partial charge in [0.05, 0.1) is 23.3 Å². The highest BCUT2D eigenvalue weighted by Gasteiger charge is 2.28. The summed E-state index contributed by atoms with van der Waals surface area (Å²) in [5.74, 6) is -0.432. The molecule has 0 spiro atoms. The Morgan fingerprint density at radius 1 is 0.914 bits per heavy atom. The van der Waals surface area contributed by atoms with Crippen LogP contribution in [-0.2, 0) is 17.8 Å². The number of carbonyl (C=O) groups is 1. The number of para-hydroxylation sites is 1. The van der Waals surface area contributed by atoms with Gasteiger partial charge in [-0.05, 0) is 23.3 Å². The second kappa shape index (κ2) is 10.9. The van der Waals surface area contributed by atoms with Crippen LogP contribution in [0.1, 0.15) is 21.5 Å². The summed E-state index contributed by atoms with van der Waals surface area (Å²) >= 11 is 0. The van der Waals surface area contributed by atoms with Crippen LogP contribution in [0.4, 0.5) is 23.0 Å². The number of ether oxygens (including phenoxy) is 1. The van der Waals surface area contributed by atoms with Crippen molar-refractivity contribution in [2.24, 2.45) is 0 Å². The lowest BCUT2D eigenvalue weighted by atomic mass is 10.1. The van der Waals surface area contributed by atoms with Crippen molar-refractivity contribution in [2.75, 3.05) is 17.3 Å². The van der Waals surface area contributed by atoms with E-state index in [-0.39, 0.29) is 22.9 Å². The molecule has 4 aromatic rings. The van der Waals surface area contributed by atoms with Crippen LogP contribution >= 0.6 is 0 Å². The first-order chi connectivity index (χ1) is 17.1. The first-order valence-corrected chi connectivity index (χ1v) is 10.8. The summed E-state index contributed by atoms with van der Waals surface area (Å²) in [6, 6.07) is 25.9. The molecule has 3 aromatic carbocycles. The standard InChI is InChI=1S/C26H23N5O4/c1-35-26(32)21-14-8-9-15-22(21)29-24-23(31(33)34)25(28-18-27-24)30(16-19-10-4-2-5-11-19)17-20-12-6-3-7-13-20/h2-15,18H,16-17H2,1H3,(H,27,28,29). The third-order valence-electron chi connectivity index (χ3n) is 5.30. The third kappa shape index (κ3) is 5.59. The van der Waals surface area contributed by atoms with Gasteiger partial charge in [0.15, 0.2) is 0 Å². The molecule has 1 N–H and O–H groups in total. The lowest BCUT2D eigenvalue weighted by Crippen LogP contribution is -2.24. The maximum atomic E-state index is 12.3. The van der Waals surface area contributed by atoms with Crippen molar-refractivity contribution in [3.05, 3.63) is 118 Å². The first kappa shape index (κ1) is 23.4. The Hall–Kier alpha value is -4.79. The van der Waals surface area contributed by atoms with E-state index in [0.29, 0.717) is 18.8 Å². The molecule has 176 valence electrons. The van der Waals surface area contributed by atoms with Gasteiger partial charge in [0.1, 0.15) is 6.33 Å². The summed E-state index contributed by atoms with van der Waals surface area (Å²) in [4.78, 5) is 34.2. The van der Waals surface area contributed by atoms with Crippen molar-refractivity contribution < 1.29 is 14.5 Å². The van der Waals surface area contributed by atoms with Gasteiger partial charge < -0.3 is 15.0 Å². The van der Waals surface area contributed by atoms with Crippen LogP contribution < -0.4 is 10.2 Å². The number of nitrogens with one attached hydrogen (secondary N) is 1. The molecule has 0 saturated carbocycles. The maximum absolute atomic E-state index is 12.3. The number of carbonyl (C=O) groups excluding carboxylic acids is 1. The predicted molar refractivity (Wildman–Crippen MR) is 133 cm³/mol. The molecule has 35 heavy (non-hydrogen) atoms. The Labute approximate surface area is 202 Å². The van der Waals surface area contributed by atoms with Crippen molar-refractivity contribution in [1.82, 2.24) is 9.97 Å². The van der Waals surface area contributed by atoms with Gasteiger partial charge >= 0.3 is 11.7 Å². The van der Waals surface area contributed by atoms with E-state index in [4.69, 9.17) is 4.74 Å². The zero-order chi connectivity index (χ0) is 24.6. The molecule has 0 saturated heterocycles. The van der Waals surface area contributed by atoms with Gasteiger partial charge in [-0.15, -0.1) is 0 Å². The SMILES string of the molecule is COC(=O)c1ccccc1Nc1ncnc(N(Cc2ccccc2)Cc2ccccc2)c1[N+](=O)[O-]. The summed E-state index contributed by atoms with van der Waals surface area (Å²) in [7, 11) is 1.27. The second-order valence-electron chi connectivity index (χ2n) is 7.64. The molecular weight excluding hydrogens is 446 g/mol. The number of hydrogen-bond donors (Lipinski definition) is 1. The summed E-state index contributed by atoms with van der Waals surface area (Å²) in [6.45, 7) is 0.789. The summed E-state index contributed by atoms with van der Waals surface area (Å²) in [6.07, 6.45) is 1.27. The van der Waals surface area contributed by atoms with Gasteiger partial charge in [0, 0.05) is 13.1 Å². The average Bonchev–Trinajstić information content (AvgIpc) is 2.89. The first-order valence-electron chi connectivity index (χ1n) is 10.8. The van der Waals surface area contributed by atoms with Gasteiger partial charge in [0.2, 0.25) is 11.6 Å². The van der Waals surface area contributed by atoms with Gasteiger partial charge in [-0.25, -0.2) is 14.8 Å². The van der Waals surface area contributed by atoms with E-state index in [1.54, 1.807) is 24.3 Å². The van der Waals surface area contributed by atoms with Gasteiger partial charge in [0.25, 0.3) is 0 Å². The van der Waals surface area contributed by atoms with E-state index >= 15 is 0 Å². The molecule has 0 aliphatic heterocycles. The van der Waals surface area contributed by atoms with Gasteiger partial charge in [-0.1, -0.05) is 72.8 Å². The van der Waals surface area contributed by atoms with Crippen molar-refractivity contribution in [3.63, 3.8) is 0 Å². The van der Waals surface area contributed by atoms with Crippen molar-refractivity contribution >= 4 is 29.0 Å². The Morgan fingerprint density at radius 2 is 1.49 bits per heavy atom. The topological polar surface area (TPSA) is 110 Å². The van der Waals surface area contributed by atoms with Crippen LogP contribution in [0.15, 0.2) is 91.3 Å². The highest BCUT2D eigenvalue weighted by molar-refractivity contribution is 5.96. The van der Waals surface area contributed by atoms with Crippen LogP contribution in [0, 0.1) is 10.1 Å². The zero-order valence-corrected chi connectivity index (χ0v) is 19.0. The molecule has 4 rings (SSSR count). The normalized spacial score (nSPS) is 10.4. The molecule has 9 heteroatoms. The summed E-state index contributed by atoms with van der Waals surface area (Å²) in [5.41, 5.74) is 2.22.